The lowest BCUT2D eigenvalue weighted by molar-refractivity contribution is 0.192. The summed E-state index contributed by atoms with van der Waals surface area (Å²) >= 11 is 0. The minimum atomic E-state index is -0.795. The van der Waals surface area contributed by atoms with Gasteiger partial charge in [-0.05, 0) is 36.2 Å². The summed E-state index contributed by atoms with van der Waals surface area (Å²) < 4.78 is 11.0. The predicted octanol–water partition coefficient (Wildman–Crippen LogP) is 3.83. The van der Waals surface area contributed by atoms with Crippen LogP contribution in [0.1, 0.15) is 23.0 Å². The van der Waals surface area contributed by atoms with E-state index in [1.54, 1.807) is 7.11 Å². The summed E-state index contributed by atoms with van der Waals surface area (Å²) in [7, 11) is 1.61. The summed E-state index contributed by atoms with van der Waals surface area (Å²) in [5, 5.41) is 11.5. The van der Waals surface area contributed by atoms with Gasteiger partial charge in [-0.1, -0.05) is 30.3 Å². The van der Waals surface area contributed by atoms with Crippen LogP contribution in [-0.4, -0.2) is 12.2 Å². The largest absolute Gasteiger partial charge is 0.497 e. The molecule has 1 aromatic heterocycles. The number of aliphatic hydroxyl groups is 1. The molecule has 0 spiro atoms. The molecule has 0 aliphatic rings. The van der Waals surface area contributed by atoms with Crippen LogP contribution >= 0.6 is 0 Å². The molecule has 3 heteroatoms. The van der Waals surface area contributed by atoms with Gasteiger partial charge in [0.1, 0.15) is 23.2 Å². The zero-order chi connectivity index (χ0) is 14.1. The fourth-order valence-electron chi connectivity index (χ4n) is 2.34. The van der Waals surface area contributed by atoms with E-state index in [0.29, 0.717) is 11.5 Å². The molecule has 3 rings (SSSR count). The second-order valence-corrected chi connectivity index (χ2v) is 4.82. The van der Waals surface area contributed by atoms with Crippen molar-refractivity contribution in [2.24, 2.45) is 0 Å². The van der Waals surface area contributed by atoms with Gasteiger partial charge >= 0.3 is 0 Å². The van der Waals surface area contributed by atoms with E-state index in [2.05, 4.69) is 0 Å². The molecule has 3 nitrogen and oxygen atoms in total. The third kappa shape index (κ3) is 2.17. The molecule has 3 aromatic rings. The SMILES string of the molecule is COc1cccc(C(O)c2cc3cccc(C)c3o2)c1. The van der Waals surface area contributed by atoms with E-state index in [0.717, 1.165) is 22.1 Å². The first-order chi connectivity index (χ1) is 9.69. The molecule has 0 aliphatic heterocycles. The lowest BCUT2D eigenvalue weighted by Gasteiger charge is -2.09. The number of aryl methyl sites for hydroxylation is 1. The summed E-state index contributed by atoms with van der Waals surface area (Å²) in [5.74, 6) is 1.26. The molecule has 1 heterocycles. The average Bonchev–Trinajstić information content (AvgIpc) is 2.92. The molecule has 0 saturated carbocycles. The van der Waals surface area contributed by atoms with Gasteiger partial charge in [-0.2, -0.15) is 0 Å². The van der Waals surface area contributed by atoms with Crippen LogP contribution in [0.25, 0.3) is 11.0 Å². The van der Waals surface area contributed by atoms with Gasteiger partial charge in [0.05, 0.1) is 7.11 Å². The summed E-state index contributed by atoms with van der Waals surface area (Å²) in [6.07, 6.45) is -0.795. The highest BCUT2D eigenvalue weighted by molar-refractivity contribution is 5.81. The lowest BCUT2D eigenvalue weighted by Crippen LogP contribution is -1.98. The van der Waals surface area contributed by atoms with E-state index >= 15 is 0 Å². The molecule has 1 unspecified atom stereocenters. The van der Waals surface area contributed by atoms with Gasteiger partial charge in [0.25, 0.3) is 0 Å². The number of para-hydroxylation sites is 1. The molecular formula is C17H16O3. The topological polar surface area (TPSA) is 42.6 Å². The van der Waals surface area contributed by atoms with Gasteiger partial charge in [-0.3, -0.25) is 0 Å². The number of benzene rings is 2. The van der Waals surface area contributed by atoms with Crippen molar-refractivity contribution in [3.05, 3.63) is 65.4 Å². The number of fused-ring (bicyclic) bond motifs is 1. The second-order valence-electron chi connectivity index (χ2n) is 4.82. The monoisotopic (exact) mass is 268 g/mol. The van der Waals surface area contributed by atoms with E-state index in [9.17, 15) is 5.11 Å². The molecule has 20 heavy (non-hydrogen) atoms. The van der Waals surface area contributed by atoms with Crippen LogP contribution in [-0.2, 0) is 0 Å². The first-order valence-electron chi connectivity index (χ1n) is 6.50. The third-order valence-corrected chi connectivity index (χ3v) is 3.44. The van der Waals surface area contributed by atoms with Crippen LogP contribution in [0.4, 0.5) is 0 Å². The quantitative estimate of drug-likeness (QED) is 0.785. The molecule has 102 valence electrons. The number of hydrogen-bond acceptors (Lipinski definition) is 3. The zero-order valence-corrected chi connectivity index (χ0v) is 11.5. The Balaban J connectivity index is 2.03. The maximum atomic E-state index is 10.5. The third-order valence-electron chi connectivity index (χ3n) is 3.44. The molecule has 1 atom stereocenters. The van der Waals surface area contributed by atoms with Crippen molar-refractivity contribution >= 4 is 11.0 Å². The van der Waals surface area contributed by atoms with Crippen molar-refractivity contribution < 1.29 is 14.3 Å². The highest BCUT2D eigenvalue weighted by Gasteiger charge is 2.16. The first kappa shape index (κ1) is 12.8. The Bertz CT molecular complexity index is 743. The van der Waals surface area contributed by atoms with E-state index in [-0.39, 0.29) is 0 Å². The van der Waals surface area contributed by atoms with Gasteiger partial charge in [0, 0.05) is 5.39 Å². The van der Waals surface area contributed by atoms with Crippen LogP contribution in [0.5, 0.6) is 5.75 Å². The number of hydrogen-bond donors (Lipinski definition) is 1. The first-order valence-corrected chi connectivity index (χ1v) is 6.50. The van der Waals surface area contributed by atoms with Crippen LogP contribution in [0.15, 0.2) is 52.9 Å². The fourth-order valence-corrected chi connectivity index (χ4v) is 2.34. The van der Waals surface area contributed by atoms with Gasteiger partial charge in [-0.15, -0.1) is 0 Å². The van der Waals surface area contributed by atoms with Gasteiger partial charge < -0.3 is 14.3 Å². The maximum absolute atomic E-state index is 10.5. The van der Waals surface area contributed by atoms with E-state index in [1.807, 2.05) is 55.5 Å². The molecule has 0 fully saturated rings. The van der Waals surface area contributed by atoms with Crippen LogP contribution in [0, 0.1) is 6.92 Å². The normalized spacial score (nSPS) is 12.6. The maximum Gasteiger partial charge on any atom is 0.138 e. The summed E-state index contributed by atoms with van der Waals surface area (Å²) in [6.45, 7) is 1.99. The van der Waals surface area contributed by atoms with Crippen molar-refractivity contribution in [1.82, 2.24) is 0 Å². The Hall–Kier alpha value is -2.26. The summed E-state index contributed by atoms with van der Waals surface area (Å²) in [5.41, 5.74) is 2.64. The Morgan fingerprint density at radius 3 is 2.65 bits per heavy atom. The Kier molecular flexibility index (Phi) is 3.20. The smallest absolute Gasteiger partial charge is 0.138 e. The molecule has 0 aliphatic carbocycles. The van der Waals surface area contributed by atoms with Crippen LogP contribution < -0.4 is 4.74 Å². The Morgan fingerprint density at radius 1 is 1.10 bits per heavy atom. The predicted molar refractivity (Wildman–Crippen MR) is 78.0 cm³/mol. The number of methoxy groups -OCH3 is 1. The van der Waals surface area contributed by atoms with E-state index in [1.165, 1.54) is 0 Å². The van der Waals surface area contributed by atoms with Crippen LogP contribution in [0.2, 0.25) is 0 Å². The number of aliphatic hydroxyl groups excluding tert-OH is 1. The minimum Gasteiger partial charge on any atom is -0.497 e. The van der Waals surface area contributed by atoms with Crippen molar-refractivity contribution in [2.75, 3.05) is 7.11 Å². The standard InChI is InChI=1S/C17H16O3/c1-11-5-3-7-13-10-15(20-17(11)13)16(18)12-6-4-8-14(9-12)19-2/h3-10,16,18H,1-2H3. The fraction of sp³-hybridized carbons (Fsp3) is 0.176. The van der Waals surface area contributed by atoms with Gasteiger partial charge in [-0.25, -0.2) is 0 Å². The minimum absolute atomic E-state index is 0.544. The van der Waals surface area contributed by atoms with Crippen LogP contribution in [0.3, 0.4) is 0 Å². The van der Waals surface area contributed by atoms with Gasteiger partial charge in [0.2, 0.25) is 0 Å². The van der Waals surface area contributed by atoms with Crippen molar-refractivity contribution in [3.63, 3.8) is 0 Å². The van der Waals surface area contributed by atoms with Crippen molar-refractivity contribution in [1.29, 1.82) is 0 Å². The summed E-state index contributed by atoms with van der Waals surface area (Å²) in [4.78, 5) is 0. The average molecular weight is 268 g/mol. The molecule has 1 N–H and O–H groups in total. The molecule has 0 radical (unpaired) electrons. The van der Waals surface area contributed by atoms with Crippen molar-refractivity contribution in [3.8, 4) is 5.75 Å². The molecule has 0 amide bonds. The zero-order valence-electron chi connectivity index (χ0n) is 11.5. The second kappa shape index (κ2) is 5.02. The lowest BCUT2D eigenvalue weighted by atomic mass is 10.1. The highest BCUT2D eigenvalue weighted by Crippen LogP contribution is 2.30. The Morgan fingerprint density at radius 2 is 1.90 bits per heavy atom. The van der Waals surface area contributed by atoms with Crippen molar-refractivity contribution in [2.45, 2.75) is 13.0 Å². The highest BCUT2D eigenvalue weighted by atomic mass is 16.5. The summed E-state index contributed by atoms with van der Waals surface area (Å²) in [6, 6.07) is 15.2. The molecule has 0 bridgehead atoms. The van der Waals surface area contributed by atoms with Gasteiger partial charge in [0.15, 0.2) is 0 Å². The number of furan rings is 1. The molecular weight excluding hydrogens is 252 g/mol. The number of ether oxygens (including phenoxy) is 1. The van der Waals surface area contributed by atoms with E-state index in [4.69, 9.17) is 9.15 Å². The number of rotatable bonds is 3. The molecule has 0 saturated heterocycles. The molecule has 2 aromatic carbocycles. The Labute approximate surface area is 117 Å². The van der Waals surface area contributed by atoms with E-state index < -0.39 is 6.10 Å².